The largest absolute Gasteiger partial charge is 0.508 e. The number of phenols is 1. The van der Waals surface area contributed by atoms with Crippen molar-refractivity contribution in [1.82, 2.24) is 9.88 Å². The molecule has 0 aliphatic rings. The summed E-state index contributed by atoms with van der Waals surface area (Å²) in [5.41, 5.74) is 2.15. The number of pyridine rings is 1. The standard InChI is InChI=1S/C15H18N2O/c1-12(13-6-5-8-15(18)10-13)17(2)11-14-7-3-4-9-16-14/h3-10,12,18H,11H2,1-2H3. The van der Waals surface area contributed by atoms with Crippen LogP contribution in [0.5, 0.6) is 5.75 Å². The summed E-state index contributed by atoms with van der Waals surface area (Å²) in [6, 6.07) is 13.6. The predicted molar refractivity (Wildman–Crippen MR) is 72.2 cm³/mol. The first-order valence-electron chi connectivity index (χ1n) is 6.06. The quantitative estimate of drug-likeness (QED) is 0.895. The Hall–Kier alpha value is -1.87. The molecule has 1 unspecified atom stereocenters. The number of hydrogen-bond donors (Lipinski definition) is 1. The van der Waals surface area contributed by atoms with E-state index in [1.54, 1.807) is 12.1 Å². The summed E-state index contributed by atoms with van der Waals surface area (Å²) >= 11 is 0. The third-order valence-electron chi connectivity index (χ3n) is 3.15. The summed E-state index contributed by atoms with van der Waals surface area (Å²) in [4.78, 5) is 6.53. The Labute approximate surface area is 108 Å². The van der Waals surface area contributed by atoms with Gasteiger partial charge in [0.1, 0.15) is 5.75 Å². The summed E-state index contributed by atoms with van der Waals surface area (Å²) < 4.78 is 0. The second-order valence-electron chi connectivity index (χ2n) is 4.51. The normalized spacial score (nSPS) is 12.6. The molecule has 1 aromatic heterocycles. The summed E-state index contributed by atoms with van der Waals surface area (Å²) in [5.74, 6) is 0.311. The van der Waals surface area contributed by atoms with Gasteiger partial charge in [-0.25, -0.2) is 0 Å². The van der Waals surface area contributed by atoms with E-state index >= 15 is 0 Å². The highest BCUT2D eigenvalue weighted by Crippen LogP contribution is 2.23. The maximum atomic E-state index is 9.50. The lowest BCUT2D eigenvalue weighted by Gasteiger charge is -2.24. The van der Waals surface area contributed by atoms with Gasteiger partial charge in [0.2, 0.25) is 0 Å². The lowest BCUT2D eigenvalue weighted by Crippen LogP contribution is -2.22. The van der Waals surface area contributed by atoms with Gasteiger partial charge in [0.15, 0.2) is 0 Å². The van der Waals surface area contributed by atoms with Gasteiger partial charge in [0.05, 0.1) is 5.69 Å². The molecule has 0 bridgehead atoms. The highest BCUT2D eigenvalue weighted by molar-refractivity contribution is 5.29. The molecule has 2 aromatic rings. The zero-order chi connectivity index (χ0) is 13.0. The average molecular weight is 242 g/mol. The van der Waals surface area contributed by atoms with Crippen LogP contribution in [0.1, 0.15) is 24.2 Å². The van der Waals surface area contributed by atoms with Gasteiger partial charge in [-0.05, 0) is 43.8 Å². The number of phenolic OH excluding ortho intramolecular Hbond substituents is 1. The van der Waals surface area contributed by atoms with Gasteiger partial charge < -0.3 is 5.11 Å². The van der Waals surface area contributed by atoms with Crippen LogP contribution in [-0.2, 0) is 6.54 Å². The van der Waals surface area contributed by atoms with Gasteiger partial charge >= 0.3 is 0 Å². The molecule has 2 rings (SSSR count). The number of nitrogens with zero attached hydrogens (tertiary/aromatic N) is 2. The van der Waals surface area contributed by atoms with Crippen LogP contribution >= 0.6 is 0 Å². The first kappa shape index (κ1) is 12.6. The SMILES string of the molecule is CC(c1cccc(O)c1)N(C)Cc1ccccn1. The Bertz CT molecular complexity index is 499. The molecule has 0 amide bonds. The molecule has 18 heavy (non-hydrogen) atoms. The minimum atomic E-state index is 0.235. The fraction of sp³-hybridized carbons (Fsp3) is 0.267. The van der Waals surface area contributed by atoms with Crippen LogP contribution in [0.4, 0.5) is 0 Å². The minimum absolute atomic E-state index is 0.235. The topological polar surface area (TPSA) is 36.4 Å². The van der Waals surface area contributed by atoms with Crippen LogP contribution in [0, 0.1) is 0 Å². The Morgan fingerprint density at radius 2 is 2.06 bits per heavy atom. The number of aromatic hydroxyl groups is 1. The molecule has 0 spiro atoms. The lowest BCUT2D eigenvalue weighted by molar-refractivity contribution is 0.249. The maximum Gasteiger partial charge on any atom is 0.115 e. The summed E-state index contributed by atoms with van der Waals surface area (Å²) in [6.45, 7) is 2.91. The Kier molecular flexibility index (Phi) is 3.95. The van der Waals surface area contributed by atoms with Gasteiger partial charge in [0, 0.05) is 18.8 Å². The van der Waals surface area contributed by atoms with Crippen molar-refractivity contribution in [2.45, 2.75) is 19.5 Å². The van der Waals surface area contributed by atoms with Gasteiger partial charge in [-0.2, -0.15) is 0 Å². The van der Waals surface area contributed by atoms with E-state index in [2.05, 4.69) is 23.9 Å². The van der Waals surface area contributed by atoms with E-state index in [1.165, 1.54) is 0 Å². The molecule has 1 heterocycles. The van der Waals surface area contributed by atoms with E-state index in [0.717, 1.165) is 17.8 Å². The molecule has 0 radical (unpaired) electrons. The number of aromatic nitrogens is 1. The number of rotatable bonds is 4. The van der Waals surface area contributed by atoms with Crippen LogP contribution in [-0.4, -0.2) is 22.0 Å². The third kappa shape index (κ3) is 3.08. The second kappa shape index (κ2) is 5.65. The van der Waals surface area contributed by atoms with Gasteiger partial charge in [-0.3, -0.25) is 9.88 Å². The van der Waals surface area contributed by atoms with Crippen molar-refractivity contribution in [2.24, 2.45) is 0 Å². The zero-order valence-corrected chi connectivity index (χ0v) is 10.7. The van der Waals surface area contributed by atoms with Crippen LogP contribution < -0.4 is 0 Å². The van der Waals surface area contributed by atoms with Crippen molar-refractivity contribution in [1.29, 1.82) is 0 Å². The Morgan fingerprint density at radius 3 is 2.72 bits per heavy atom. The molecule has 0 saturated heterocycles. The van der Waals surface area contributed by atoms with E-state index in [0.29, 0.717) is 5.75 Å². The van der Waals surface area contributed by atoms with Gasteiger partial charge in [-0.15, -0.1) is 0 Å². The van der Waals surface area contributed by atoms with Crippen LogP contribution in [0.3, 0.4) is 0 Å². The first-order valence-corrected chi connectivity index (χ1v) is 6.06. The summed E-state index contributed by atoms with van der Waals surface area (Å²) in [6.07, 6.45) is 1.81. The van der Waals surface area contributed by atoms with Crippen LogP contribution in [0.15, 0.2) is 48.7 Å². The van der Waals surface area contributed by atoms with E-state index in [-0.39, 0.29) is 6.04 Å². The fourth-order valence-electron chi connectivity index (χ4n) is 1.92. The maximum absolute atomic E-state index is 9.50. The second-order valence-corrected chi connectivity index (χ2v) is 4.51. The highest BCUT2D eigenvalue weighted by Gasteiger charge is 2.12. The van der Waals surface area contributed by atoms with E-state index in [9.17, 15) is 5.11 Å². The van der Waals surface area contributed by atoms with Gasteiger partial charge in [0.25, 0.3) is 0 Å². The molecule has 0 aliphatic carbocycles. The molecular weight excluding hydrogens is 224 g/mol. The number of hydrogen-bond acceptors (Lipinski definition) is 3. The molecule has 3 heteroatoms. The minimum Gasteiger partial charge on any atom is -0.508 e. The van der Waals surface area contributed by atoms with Gasteiger partial charge in [-0.1, -0.05) is 18.2 Å². The smallest absolute Gasteiger partial charge is 0.115 e. The monoisotopic (exact) mass is 242 g/mol. The molecule has 1 aromatic carbocycles. The van der Waals surface area contributed by atoms with Crippen molar-refractivity contribution >= 4 is 0 Å². The molecule has 94 valence electrons. The van der Waals surface area contributed by atoms with E-state index in [4.69, 9.17) is 0 Å². The number of benzene rings is 1. The summed E-state index contributed by atoms with van der Waals surface area (Å²) in [7, 11) is 2.06. The predicted octanol–water partition coefficient (Wildman–Crippen LogP) is 2.98. The highest BCUT2D eigenvalue weighted by atomic mass is 16.3. The van der Waals surface area contributed by atoms with Crippen molar-refractivity contribution in [3.05, 3.63) is 59.9 Å². The molecular formula is C15H18N2O. The van der Waals surface area contributed by atoms with E-state index < -0.39 is 0 Å². The molecule has 1 atom stereocenters. The Morgan fingerprint density at radius 1 is 1.22 bits per heavy atom. The Balaban J connectivity index is 2.07. The molecule has 0 saturated carbocycles. The van der Waals surface area contributed by atoms with Crippen molar-refractivity contribution in [3.8, 4) is 5.75 Å². The molecule has 0 fully saturated rings. The molecule has 3 nitrogen and oxygen atoms in total. The van der Waals surface area contributed by atoms with Crippen LogP contribution in [0.25, 0.3) is 0 Å². The van der Waals surface area contributed by atoms with Crippen molar-refractivity contribution in [3.63, 3.8) is 0 Å². The third-order valence-corrected chi connectivity index (χ3v) is 3.15. The van der Waals surface area contributed by atoms with Crippen molar-refractivity contribution in [2.75, 3.05) is 7.05 Å². The van der Waals surface area contributed by atoms with E-state index in [1.807, 2.05) is 36.5 Å². The molecule has 1 N–H and O–H groups in total. The molecule has 0 aliphatic heterocycles. The lowest BCUT2D eigenvalue weighted by atomic mass is 10.1. The zero-order valence-electron chi connectivity index (χ0n) is 10.7. The first-order chi connectivity index (χ1) is 8.66. The summed E-state index contributed by atoms with van der Waals surface area (Å²) in [5, 5.41) is 9.50. The van der Waals surface area contributed by atoms with Crippen LogP contribution in [0.2, 0.25) is 0 Å². The average Bonchev–Trinajstić information content (AvgIpc) is 2.39. The van der Waals surface area contributed by atoms with Crippen molar-refractivity contribution < 1.29 is 5.11 Å². The fourth-order valence-corrected chi connectivity index (χ4v) is 1.92.